The summed E-state index contributed by atoms with van der Waals surface area (Å²) < 4.78 is 18.0. The van der Waals surface area contributed by atoms with E-state index in [1.54, 1.807) is 0 Å². The van der Waals surface area contributed by atoms with Gasteiger partial charge < -0.3 is 79.0 Å². The minimum Gasteiger partial charge on any atom is -0.394 e. The summed E-state index contributed by atoms with van der Waals surface area (Å²) in [5.74, 6) is -1.81. The zero-order valence-electron chi connectivity index (χ0n) is 23.7. The van der Waals surface area contributed by atoms with Crippen LogP contribution in [0.2, 0.25) is 0 Å². The molecule has 17 heteroatoms. The van der Waals surface area contributed by atoms with Crippen LogP contribution in [0.25, 0.3) is 0 Å². The number of guanidine groups is 1. The molecule has 0 bridgehead atoms. The van der Waals surface area contributed by atoms with Crippen molar-refractivity contribution in [3.63, 3.8) is 0 Å². The Hall–Kier alpha value is -1.74. The zero-order chi connectivity index (χ0) is 30.9. The predicted molar refractivity (Wildman–Crippen MR) is 148 cm³/mol. The molecule has 17 nitrogen and oxygen atoms in total. The van der Waals surface area contributed by atoms with Crippen LogP contribution in [0, 0.1) is 5.92 Å². The number of rotatable bonds is 10. The minimum absolute atomic E-state index is 0.0144. The highest BCUT2D eigenvalue weighted by Gasteiger charge is 2.61. The van der Waals surface area contributed by atoms with Crippen molar-refractivity contribution in [1.29, 1.82) is 0 Å². The number of nitrogens with one attached hydrogen (secondary N) is 2. The van der Waals surface area contributed by atoms with Crippen LogP contribution in [0.5, 0.6) is 0 Å². The number of aliphatic hydroxyl groups is 5. The second-order valence-electron chi connectivity index (χ2n) is 11.9. The largest absolute Gasteiger partial charge is 0.394 e. The lowest BCUT2D eigenvalue weighted by atomic mass is 9.72. The molecule has 4 fully saturated rings. The molecule has 1 amide bonds. The highest BCUT2D eigenvalue weighted by molar-refractivity contribution is 5.90. The minimum atomic E-state index is -1.87. The first-order valence-electron chi connectivity index (χ1n) is 14.5. The average Bonchev–Trinajstić information content (AvgIpc) is 3.60. The molecule has 0 aromatic heterocycles. The van der Waals surface area contributed by atoms with Gasteiger partial charge in [-0.15, -0.1) is 0 Å². The van der Waals surface area contributed by atoms with Crippen LogP contribution in [-0.2, 0) is 19.0 Å². The van der Waals surface area contributed by atoms with E-state index in [0.29, 0.717) is 13.0 Å². The number of carbonyl (C=O) groups is 1. The molecule has 15 atom stereocenters. The van der Waals surface area contributed by atoms with Crippen molar-refractivity contribution in [1.82, 2.24) is 10.6 Å². The quantitative estimate of drug-likeness (QED) is 0.0814. The van der Waals surface area contributed by atoms with Crippen LogP contribution >= 0.6 is 0 Å². The molecule has 2 saturated heterocycles. The topological polar surface area (TPSA) is 312 Å². The fraction of sp³-hybridized carbons (Fsp3) is 0.920. The molecule has 4 rings (SSSR count). The number of aliphatic hydroxyl groups excluding tert-OH is 4. The summed E-state index contributed by atoms with van der Waals surface area (Å²) in [5.41, 5.74) is 27.9. The first-order valence-corrected chi connectivity index (χ1v) is 14.5. The lowest BCUT2D eigenvalue weighted by molar-refractivity contribution is -0.306. The predicted octanol–water partition coefficient (Wildman–Crippen LogP) is -6.41. The summed E-state index contributed by atoms with van der Waals surface area (Å²) in [6.45, 7) is 2.72. The van der Waals surface area contributed by atoms with Gasteiger partial charge in [-0.1, -0.05) is 6.92 Å². The third-order valence-corrected chi connectivity index (χ3v) is 8.88. The Labute approximate surface area is 244 Å². The van der Waals surface area contributed by atoms with Gasteiger partial charge >= 0.3 is 0 Å². The molecule has 0 spiro atoms. The van der Waals surface area contributed by atoms with Gasteiger partial charge in [0.15, 0.2) is 17.9 Å². The standard InChI is InChI=1S/C25H48N8O9/c1-2-31-7-9-3-4-10(26)20(40-9)15-11(27)5-12(32-23(38)25(39)6-14(25)33-24(29)30)21(18(15)36)42-22-19(37)16(28)17(35)13(8-34)41-22/h9-22,31,34-37,39H,2-8,26-28H2,1H3,(H,32,38)(H4,29,30,33). The van der Waals surface area contributed by atoms with E-state index in [0.717, 1.165) is 13.0 Å². The van der Waals surface area contributed by atoms with Crippen LogP contribution in [0.15, 0.2) is 4.99 Å². The summed E-state index contributed by atoms with van der Waals surface area (Å²) in [4.78, 5) is 17.0. The maximum Gasteiger partial charge on any atom is 0.254 e. The Kier molecular flexibility index (Phi) is 10.7. The van der Waals surface area contributed by atoms with Gasteiger partial charge in [-0.25, -0.2) is 4.99 Å². The number of nitrogens with two attached hydrogens (primary N) is 5. The van der Waals surface area contributed by atoms with Crippen molar-refractivity contribution < 1.29 is 44.5 Å². The molecule has 2 heterocycles. The molecule has 242 valence electrons. The third kappa shape index (κ3) is 6.82. The van der Waals surface area contributed by atoms with Crippen molar-refractivity contribution in [2.45, 2.75) is 117 Å². The molecule has 2 aliphatic heterocycles. The normalized spacial score (nSPS) is 47.5. The van der Waals surface area contributed by atoms with E-state index in [9.17, 15) is 30.3 Å². The smallest absolute Gasteiger partial charge is 0.254 e. The van der Waals surface area contributed by atoms with Gasteiger partial charge in [0.25, 0.3) is 5.91 Å². The number of amides is 1. The summed E-state index contributed by atoms with van der Waals surface area (Å²) in [6, 6.07) is -4.21. The van der Waals surface area contributed by atoms with Crippen LogP contribution in [0.4, 0.5) is 0 Å². The number of hydrogen-bond donors (Lipinski definition) is 12. The monoisotopic (exact) mass is 604 g/mol. The van der Waals surface area contributed by atoms with Crippen LogP contribution in [-0.4, -0.2) is 142 Å². The molecule has 42 heavy (non-hydrogen) atoms. The fourth-order valence-electron chi connectivity index (χ4n) is 6.30. The fourth-order valence-corrected chi connectivity index (χ4v) is 6.30. The highest BCUT2D eigenvalue weighted by atomic mass is 16.7. The summed E-state index contributed by atoms with van der Waals surface area (Å²) in [7, 11) is 0. The number of aliphatic imine (C=N–C) groups is 1. The number of hydrogen-bond acceptors (Lipinski definition) is 14. The molecule has 2 aliphatic carbocycles. The van der Waals surface area contributed by atoms with E-state index in [1.165, 1.54) is 0 Å². The van der Waals surface area contributed by atoms with Crippen molar-refractivity contribution in [2.75, 3.05) is 19.7 Å². The molecule has 4 aliphatic rings. The zero-order valence-corrected chi connectivity index (χ0v) is 23.7. The van der Waals surface area contributed by atoms with Crippen molar-refractivity contribution in [3.05, 3.63) is 0 Å². The molecule has 17 N–H and O–H groups in total. The van der Waals surface area contributed by atoms with Gasteiger partial charge in [0, 0.05) is 31.0 Å². The van der Waals surface area contributed by atoms with Gasteiger partial charge in [-0.3, -0.25) is 4.79 Å². The van der Waals surface area contributed by atoms with Crippen LogP contribution < -0.4 is 39.3 Å². The SMILES string of the molecule is CCNCC1CCC(N)C(C2C(N)CC(NC(=O)C3(O)CC3N=C(N)N)C(OC3OC(CO)C(O)C(N)C3O)C2O)O1. The molecule has 0 radical (unpaired) electrons. The summed E-state index contributed by atoms with van der Waals surface area (Å²) in [5, 5.41) is 59.2. The van der Waals surface area contributed by atoms with E-state index in [1.807, 2.05) is 6.92 Å². The molecular weight excluding hydrogens is 556 g/mol. The lowest BCUT2D eigenvalue weighted by Gasteiger charge is -2.51. The van der Waals surface area contributed by atoms with Crippen LogP contribution in [0.1, 0.15) is 32.6 Å². The molecule has 2 saturated carbocycles. The second kappa shape index (κ2) is 13.5. The third-order valence-electron chi connectivity index (χ3n) is 8.88. The van der Waals surface area contributed by atoms with E-state index < -0.39 is 97.2 Å². The van der Waals surface area contributed by atoms with Gasteiger partial charge in [-0.05, 0) is 25.8 Å². The Morgan fingerprint density at radius 2 is 1.79 bits per heavy atom. The van der Waals surface area contributed by atoms with Crippen molar-refractivity contribution >= 4 is 11.9 Å². The maximum absolute atomic E-state index is 13.2. The second-order valence-corrected chi connectivity index (χ2v) is 11.9. The highest BCUT2D eigenvalue weighted by Crippen LogP contribution is 2.41. The van der Waals surface area contributed by atoms with E-state index >= 15 is 0 Å². The van der Waals surface area contributed by atoms with E-state index in [-0.39, 0.29) is 24.9 Å². The average molecular weight is 605 g/mol. The van der Waals surface area contributed by atoms with Crippen molar-refractivity contribution in [3.8, 4) is 0 Å². The maximum atomic E-state index is 13.2. The number of carbonyl (C=O) groups excluding carboxylic acids is 1. The number of nitrogens with zero attached hydrogens (tertiary/aromatic N) is 1. The summed E-state index contributed by atoms with van der Waals surface area (Å²) in [6.07, 6.45) is -7.61. The summed E-state index contributed by atoms with van der Waals surface area (Å²) >= 11 is 0. The van der Waals surface area contributed by atoms with Crippen LogP contribution in [0.3, 0.4) is 0 Å². The number of likely N-dealkylation sites (N-methyl/N-ethyl adjacent to an activating group) is 1. The molecule has 0 aromatic carbocycles. The van der Waals surface area contributed by atoms with Crippen molar-refractivity contribution in [2.24, 2.45) is 39.6 Å². The Morgan fingerprint density at radius 3 is 2.43 bits per heavy atom. The Morgan fingerprint density at radius 1 is 1.07 bits per heavy atom. The Bertz CT molecular complexity index is 959. The lowest BCUT2D eigenvalue weighted by Crippen LogP contribution is -2.69. The van der Waals surface area contributed by atoms with Gasteiger partial charge in [0.2, 0.25) is 0 Å². The molecule has 15 unspecified atom stereocenters. The molecular formula is C25H48N8O9. The Balaban J connectivity index is 1.58. The van der Waals surface area contributed by atoms with Gasteiger partial charge in [0.05, 0.1) is 43.0 Å². The first kappa shape index (κ1) is 33.2. The van der Waals surface area contributed by atoms with Gasteiger partial charge in [0.1, 0.15) is 24.4 Å². The van der Waals surface area contributed by atoms with E-state index in [2.05, 4.69) is 15.6 Å². The molecule has 0 aromatic rings. The van der Waals surface area contributed by atoms with Gasteiger partial charge in [-0.2, -0.15) is 0 Å². The first-order chi connectivity index (χ1) is 19.8. The number of ether oxygens (including phenoxy) is 3. The van der Waals surface area contributed by atoms with E-state index in [4.69, 9.17) is 42.9 Å².